The SMILES string of the molecule is OC1n2nnnc2Nc2nnnn21. The van der Waals surface area contributed by atoms with Gasteiger partial charge in [0.15, 0.2) is 0 Å². The van der Waals surface area contributed by atoms with Crippen LogP contribution in [0.3, 0.4) is 0 Å². The zero-order valence-electron chi connectivity index (χ0n) is 6.10. The molecule has 0 saturated heterocycles. The summed E-state index contributed by atoms with van der Waals surface area (Å²) in [6.45, 7) is 0. The molecule has 0 saturated carbocycles. The molecule has 3 heterocycles. The number of aliphatic hydroxyl groups excluding tert-OH is 1. The van der Waals surface area contributed by atoms with E-state index in [4.69, 9.17) is 0 Å². The van der Waals surface area contributed by atoms with Crippen molar-refractivity contribution in [3.63, 3.8) is 0 Å². The van der Waals surface area contributed by atoms with Crippen molar-refractivity contribution < 1.29 is 5.11 Å². The minimum absolute atomic E-state index is 0.301. The molecule has 1 aliphatic heterocycles. The van der Waals surface area contributed by atoms with E-state index in [9.17, 15) is 5.11 Å². The van der Waals surface area contributed by atoms with Crippen LogP contribution < -0.4 is 5.32 Å². The first kappa shape index (κ1) is 6.42. The first-order chi connectivity index (χ1) is 6.36. The topological polar surface area (TPSA) is 119 Å². The predicted molar refractivity (Wildman–Crippen MR) is 35.6 cm³/mol. The highest BCUT2D eigenvalue weighted by Gasteiger charge is 2.26. The number of anilines is 2. The Kier molecular flexibility index (Phi) is 0.978. The van der Waals surface area contributed by atoms with Gasteiger partial charge in [0.25, 0.3) is 18.2 Å². The molecule has 1 aliphatic rings. The highest BCUT2D eigenvalue weighted by atomic mass is 16.3. The quantitative estimate of drug-likeness (QED) is 0.466. The van der Waals surface area contributed by atoms with Crippen LogP contribution in [0.15, 0.2) is 0 Å². The fraction of sp³-hybridized carbons (Fsp3) is 0.333. The van der Waals surface area contributed by atoms with Crippen LogP contribution in [0.25, 0.3) is 0 Å². The Labute approximate surface area is 70.2 Å². The van der Waals surface area contributed by atoms with Gasteiger partial charge in [0.2, 0.25) is 0 Å². The van der Waals surface area contributed by atoms with Crippen molar-refractivity contribution in [2.75, 3.05) is 5.32 Å². The van der Waals surface area contributed by atoms with E-state index in [0.29, 0.717) is 11.9 Å². The first-order valence-electron chi connectivity index (χ1n) is 3.37. The smallest absolute Gasteiger partial charge is 0.256 e. The molecule has 0 atom stereocenters. The molecule has 13 heavy (non-hydrogen) atoms. The molecule has 10 nitrogen and oxygen atoms in total. The zero-order valence-corrected chi connectivity index (χ0v) is 6.10. The maximum atomic E-state index is 9.59. The number of tetrazole rings is 2. The Bertz CT molecular complexity index is 403. The Morgan fingerprint density at radius 2 is 1.62 bits per heavy atom. The Morgan fingerprint density at radius 1 is 1.08 bits per heavy atom. The number of fused-ring (bicyclic) bond motifs is 2. The van der Waals surface area contributed by atoms with Crippen LogP contribution in [0, 0.1) is 0 Å². The third-order valence-electron chi connectivity index (χ3n) is 1.65. The van der Waals surface area contributed by atoms with Gasteiger partial charge < -0.3 is 5.11 Å². The van der Waals surface area contributed by atoms with Gasteiger partial charge in [-0.3, -0.25) is 5.32 Å². The third kappa shape index (κ3) is 0.691. The molecule has 2 N–H and O–H groups in total. The van der Waals surface area contributed by atoms with E-state index < -0.39 is 6.35 Å². The lowest BCUT2D eigenvalue weighted by Crippen LogP contribution is -2.27. The molecule has 0 aliphatic carbocycles. The summed E-state index contributed by atoms with van der Waals surface area (Å²) in [5, 5.41) is 33.4. The molecule has 10 heteroatoms. The van der Waals surface area contributed by atoms with Gasteiger partial charge in [0.1, 0.15) is 0 Å². The van der Waals surface area contributed by atoms with Crippen LogP contribution in [0.5, 0.6) is 0 Å². The molecule has 0 amide bonds. The van der Waals surface area contributed by atoms with Crippen LogP contribution in [-0.4, -0.2) is 45.5 Å². The van der Waals surface area contributed by atoms with Gasteiger partial charge in [-0.05, 0) is 20.9 Å². The van der Waals surface area contributed by atoms with Crippen molar-refractivity contribution in [2.24, 2.45) is 0 Å². The predicted octanol–water partition coefficient (Wildman–Crippen LogP) is -2.29. The van der Waals surface area contributed by atoms with Crippen molar-refractivity contribution in [1.82, 2.24) is 40.4 Å². The van der Waals surface area contributed by atoms with Gasteiger partial charge in [0, 0.05) is 0 Å². The number of hydrogen-bond donors (Lipinski definition) is 2. The minimum atomic E-state index is -1.10. The van der Waals surface area contributed by atoms with Gasteiger partial charge in [-0.25, -0.2) is 0 Å². The van der Waals surface area contributed by atoms with E-state index in [2.05, 4.69) is 36.4 Å². The summed E-state index contributed by atoms with van der Waals surface area (Å²) in [5.74, 6) is 0.601. The second-order valence-electron chi connectivity index (χ2n) is 2.37. The van der Waals surface area contributed by atoms with Crippen LogP contribution >= 0.6 is 0 Å². The number of hydrogen-bond acceptors (Lipinski definition) is 8. The van der Waals surface area contributed by atoms with Gasteiger partial charge in [-0.15, -0.1) is 0 Å². The van der Waals surface area contributed by atoms with E-state index in [1.54, 1.807) is 0 Å². The van der Waals surface area contributed by atoms with Crippen LogP contribution in [0.2, 0.25) is 0 Å². The summed E-state index contributed by atoms with van der Waals surface area (Å²) in [5.41, 5.74) is 0. The average Bonchev–Trinajstić information content (AvgIpc) is 2.71. The Balaban J connectivity index is 2.21. The third-order valence-corrected chi connectivity index (χ3v) is 1.65. The zero-order chi connectivity index (χ0) is 8.84. The molecule has 3 rings (SSSR count). The Hall–Kier alpha value is -2.10. The summed E-state index contributed by atoms with van der Waals surface area (Å²) in [7, 11) is 0. The highest BCUT2D eigenvalue weighted by molar-refractivity contribution is 5.43. The van der Waals surface area contributed by atoms with E-state index >= 15 is 0 Å². The Morgan fingerprint density at radius 3 is 2.15 bits per heavy atom. The number of nitrogens with zero attached hydrogens (tertiary/aromatic N) is 8. The maximum absolute atomic E-state index is 9.59. The monoisotopic (exact) mass is 181 g/mol. The van der Waals surface area contributed by atoms with E-state index in [1.807, 2.05) is 0 Å². The summed E-state index contributed by atoms with van der Waals surface area (Å²) in [6, 6.07) is 0. The van der Waals surface area contributed by atoms with Crippen molar-refractivity contribution in [3.05, 3.63) is 0 Å². The van der Waals surface area contributed by atoms with Gasteiger partial charge >= 0.3 is 0 Å². The molecule has 2 aromatic heterocycles. The second-order valence-corrected chi connectivity index (χ2v) is 2.37. The van der Waals surface area contributed by atoms with Gasteiger partial charge in [-0.1, -0.05) is 10.2 Å². The number of aliphatic hydroxyl groups is 1. The standard InChI is InChI=1S/C3H3N9O/c13-3-11-1(5-7-9-11)4-2-6-8-10-12(2)3/h3,13H,(H,4,5,6,9,10). The summed E-state index contributed by atoms with van der Waals surface area (Å²) < 4.78 is 2.31. The molecule has 0 radical (unpaired) electrons. The second kappa shape index (κ2) is 1.98. The maximum Gasteiger partial charge on any atom is 0.256 e. The largest absolute Gasteiger partial charge is 0.353 e. The number of rotatable bonds is 0. The fourth-order valence-electron chi connectivity index (χ4n) is 1.07. The molecule has 0 aromatic carbocycles. The van der Waals surface area contributed by atoms with Gasteiger partial charge in [-0.2, -0.15) is 9.36 Å². The lowest BCUT2D eigenvalue weighted by molar-refractivity contribution is 0.0456. The normalized spacial score (nSPS) is 14.8. The molecule has 2 aromatic rings. The molecule has 0 unspecified atom stereocenters. The van der Waals surface area contributed by atoms with E-state index in [0.717, 1.165) is 9.36 Å². The molecular weight excluding hydrogens is 178 g/mol. The molecule has 0 bridgehead atoms. The highest BCUT2D eigenvalue weighted by Crippen LogP contribution is 2.21. The molecule has 0 fully saturated rings. The van der Waals surface area contributed by atoms with Crippen molar-refractivity contribution in [1.29, 1.82) is 0 Å². The minimum Gasteiger partial charge on any atom is -0.353 e. The van der Waals surface area contributed by atoms with Crippen LogP contribution in [0.1, 0.15) is 6.35 Å². The lowest BCUT2D eigenvalue weighted by atomic mass is 10.7. The number of aromatic nitrogens is 8. The van der Waals surface area contributed by atoms with Crippen molar-refractivity contribution in [2.45, 2.75) is 6.35 Å². The summed E-state index contributed by atoms with van der Waals surface area (Å²) in [4.78, 5) is 0. The first-order valence-corrected chi connectivity index (χ1v) is 3.37. The van der Waals surface area contributed by atoms with Gasteiger partial charge in [0.05, 0.1) is 0 Å². The fourth-order valence-corrected chi connectivity index (χ4v) is 1.07. The van der Waals surface area contributed by atoms with Crippen LogP contribution in [-0.2, 0) is 0 Å². The van der Waals surface area contributed by atoms with Crippen molar-refractivity contribution >= 4 is 11.9 Å². The average molecular weight is 181 g/mol. The molecule has 66 valence electrons. The van der Waals surface area contributed by atoms with Crippen LogP contribution in [0.4, 0.5) is 11.9 Å². The lowest BCUT2D eigenvalue weighted by Gasteiger charge is -2.17. The number of nitrogens with one attached hydrogen (secondary N) is 1. The van der Waals surface area contributed by atoms with Crippen molar-refractivity contribution in [3.8, 4) is 0 Å². The summed E-state index contributed by atoms with van der Waals surface area (Å²) >= 11 is 0. The molecular formula is C3H3N9O. The summed E-state index contributed by atoms with van der Waals surface area (Å²) in [6.07, 6.45) is -1.10. The van der Waals surface area contributed by atoms with E-state index in [1.165, 1.54) is 0 Å². The van der Waals surface area contributed by atoms with E-state index in [-0.39, 0.29) is 0 Å². The molecule has 0 spiro atoms.